The van der Waals surface area contributed by atoms with Gasteiger partial charge in [-0.3, -0.25) is 9.36 Å². The van der Waals surface area contributed by atoms with Crippen LogP contribution in [-0.2, 0) is 17.9 Å². The van der Waals surface area contributed by atoms with Crippen LogP contribution in [0.3, 0.4) is 0 Å². The van der Waals surface area contributed by atoms with Crippen LogP contribution in [-0.4, -0.2) is 27.7 Å². The van der Waals surface area contributed by atoms with Crippen molar-refractivity contribution in [3.63, 3.8) is 0 Å². The molecule has 0 aliphatic heterocycles. The first kappa shape index (κ1) is 14.9. The molecule has 0 saturated heterocycles. The number of nitrogens with zero attached hydrogens (tertiary/aromatic N) is 2. The number of fused-ring (bicyclic) bond motifs is 1. The van der Waals surface area contributed by atoms with E-state index in [2.05, 4.69) is 10.3 Å². The largest absolute Gasteiger partial charge is 0.496 e. The van der Waals surface area contributed by atoms with Crippen LogP contribution >= 0.6 is 0 Å². The number of ether oxygens (including phenoxy) is 1. The summed E-state index contributed by atoms with van der Waals surface area (Å²) < 4.78 is 6.99. The number of imidazole rings is 1. The normalized spacial score (nSPS) is 10.7. The Labute approximate surface area is 133 Å². The first-order valence-electron chi connectivity index (χ1n) is 7.22. The van der Waals surface area contributed by atoms with Gasteiger partial charge in [0.05, 0.1) is 18.1 Å². The summed E-state index contributed by atoms with van der Waals surface area (Å²) >= 11 is 0. The van der Waals surface area contributed by atoms with Crippen LogP contribution in [0.15, 0.2) is 48.5 Å². The summed E-state index contributed by atoms with van der Waals surface area (Å²) in [4.78, 5) is 15.6. The Morgan fingerprint density at radius 2 is 1.96 bits per heavy atom. The first-order valence-corrected chi connectivity index (χ1v) is 7.22. The zero-order valence-electron chi connectivity index (χ0n) is 12.7. The van der Waals surface area contributed by atoms with E-state index in [0.717, 1.165) is 22.3 Å². The number of anilines is 1. The van der Waals surface area contributed by atoms with Gasteiger partial charge in [-0.15, -0.1) is 0 Å². The van der Waals surface area contributed by atoms with Crippen LogP contribution in [0.5, 0.6) is 5.75 Å². The Hall–Kier alpha value is -3.02. The topological polar surface area (TPSA) is 76.4 Å². The quantitative estimate of drug-likeness (QED) is 0.732. The second kappa shape index (κ2) is 6.39. The fourth-order valence-corrected chi connectivity index (χ4v) is 2.53. The Kier molecular flexibility index (Phi) is 4.14. The van der Waals surface area contributed by atoms with Gasteiger partial charge < -0.3 is 15.2 Å². The van der Waals surface area contributed by atoms with Crippen molar-refractivity contribution in [2.75, 3.05) is 12.4 Å². The first-order chi connectivity index (χ1) is 11.2. The third kappa shape index (κ3) is 3.11. The molecular formula is C17H17N3O3. The Morgan fingerprint density at radius 3 is 2.74 bits per heavy atom. The molecule has 2 N–H and O–H groups in total. The average Bonchev–Trinajstić information content (AvgIpc) is 2.90. The summed E-state index contributed by atoms with van der Waals surface area (Å²) in [6, 6.07) is 15.1. The molecule has 0 unspecified atom stereocenters. The summed E-state index contributed by atoms with van der Waals surface area (Å²) in [6.45, 7) is 0.349. The summed E-state index contributed by atoms with van der Waals surface area (Å²) in [7, 11) is 1.62. The number of carbonyl (C=O) groups is 1. The maximum Gasteiger partial charge on any atom is 0.323 e. The molecule has 2 aromatic carbocycles. The van der Waals surface area contributed by atoms with Gasteiger partial charge in [-0.05, 0) is 18.2 Å². The smallest absolute Gasteiger partial charge is 0.323 e. The third-order valence-electron chi connectivity index (χ3n) is 3.58. The number of rotatable bonds is 6. The van der Waals surface area contributed by atoms with Crippen molar-refractivity contribution in [3.05, 3.63) is 54.1 Å². The molecule has 1 heterocycles. The second-order valence-electron chi connectivity index (χ2n) is 5.07. The van der Waals surface area contributed by atoms with E-state index in [1.807, 2.05) is 48.5 Å². The van der Waals surface area contributed by atoms with E-state index in [-0.39, 0.29) is 6.54 Å². The van der Waals surface area contributed by atoms with E-state index in [0.29, 0.717) is 12.5 Å². The highest BCUT2D eigenvalue weighted by Crippen LogP contribution is 2.22. The molecule has 0 radical (unpaired) electrons. The highest BCUT2D eigenvalue weighted by atomic mass is 16.5. The van der Waals surface area contributed by atoms with Gasteiger partial charge in [-0.25, -0.2) is 4.98 Å². The number of hydrogen-bond donors (Lipinski definition) is 2. The summed E-state index contributed by atoms with van der Waals surface area (Å²) in [6.07, 6.45) is 0. The van der Waals surface area contributed by atoms with Crippen LogP contribution in [0.25, 0.3) is 11.0 Å². The van der Waals surface area contributed by atoms with Crippen molar-refractivity contribution >= 4 is 23.0 Å². The van der Waals surface area contributed by atoms with Crippen molar-refractivity contribution in [1.29, 1.82) is 0 Å². The van der Waals surface area contributed by atoms with E-state index in [4.69, 9.17) is 9.84 Å². The van der Waals surface area contributed by atoms with Crippen LogP contribution in [0.1, 0.15) is 5.56 Å². The minimum Gasteiger partial charge on any atom is -0.496 e. The Balaban J connectivity index is 1.91. The van der Waals surface area contributed by atoms with E-state index in [1.165, 1.54) is 0 Å². The molecule has 0 aliphatic carbocycles. The molecule has 0 fully saturated rings. The van der Waals surface area contributed by atoms with Crippen LogP contribution in [0.2, 0.25) is 0 Å². The lowest BCUT2D eigenvalue weighted by Crippen LogP contribution is -2.13. The minimum absolute atomic E-state index is 0.144. The highest BCUT2D eigenvalue weighted by molar-refractivity contribution is 5.81. The molecule has 0 saturated carbocycles. The fourth-order valence-electron chi connectivity index (χ4n) is 2.53. The number of aliphatic carboxylic acids is 1. The van der Waals surface area contributed by atoms with Crippen molar-refractivity contribution in [2.24, 2.45) is 0 Å². The zero-order valence-corrected chi connectivity index (χ0v) is 12.7. The van der Waals surface area contributed by atoms with Gasteiger partial charge in [0.1, 0.15) is 12.3 Å². The third-order valence-corrected chi connectivity index (χ3v) is 3.58. The zero-order chi connectivity index (χ0) is 16.2. The lowest BCUT2D eigenvalue weighted by molar-refractivity contribution is -0.137. The number of nitrogens with one attached hydrogen (secondary N) is 1. The van der Waals surface area contributed by atoms with Gasteiger partial charge in [0.2, 0.25) is 5.95 Å². The number of aromatic nitrogens is 2. The molecule has 3 rings (SSSR count). The number of para-hydroxylation sites is 3. The highest BCUT2D eigenvalue weighted by Gasteiger charge is 2.13. The molecule has 0 bridgehead atoms. The van der Waals surface area contributed by atoms with Gasteiger partial charge in [0, 0.05) is 12.1 Å². The molecule has 118 valence electrons. The van der Waals surface area contributed by atoms with Crippen molar-refractivity contribution in [2.45, 2.75) is 13.1 Å². The molecule has 1 aromatic heterocycles. The van der Waals surface area contributed by atoms with Crippen LogP contribution in [0.4, 0.5) is 5.95 Å². The van der Waals surface area contributed by atoms with E-state index >= 15 is 0 Å². The maximum absolute atomic E-state index is 11.1. The maximum atomic E-state index is 11.1. The molecule has 23 heavy (non-hydrogen) atoms. The van der Waals surface area contributed by atoms with Gasteiger partial charge in [0.15, 0.2) is 0 Å². The standard InChI is InChI=1S/C17H17N3O3/c1-23-15-9-5-2-6-12(15)10-18-17-19-13-7-3-4-8-14(13)20(17)11-16(21)22/h2-9H,10-11H2,1H3,(H,18,19)(H,21,22). The van der Waals surface area contributed by atoms with Gasteiger partial charge >= 0.3 is 5.97 Å². The molecule has 6 heteroatoms. The summed E-state index contributed by atoms with van der Waals surface area (Å²) in [5.74, 6) is 0.397. The van der Waals surface area contributed by atoms with Crippen molar-refractivity contribution in [1.82, 2.24) is 9.55 Å². The molecule has 0 atom stereocenters. The minimum atomic E-state index is -0.909. The Bertz CT molecular complexity index is 842. The average molecular weight is 311 g/mol. The molecule has 0 amide bonds. The summed E-state index contributed by atoms with van der Waals surface area (Å²) in [5, 5.41) is 12.3. The van der Waals surface area contributed by atoms with Crippen LogP contribution < -0.4 is 10.1 Å². The monoisotopic (exact) mass is 311 g/mol. The number of carboxylic acid groups (broad SMARTS) is 1. The SMILES string of the molecule is COc1ccccc1CNc1nc2ccccc2n1CC(=O)O. The van der Waals surface area contributed by atoms with Crippen molar-refractivity contribution < 1.29 is 14.6 Å². The van der Waals surface area contributed by atoms with Gasteiger partial charge in [0.25, 0.3) is 0 Å². The molecular weight excluding hydrogens is 294 g/mol. The molecule has 0 spiro atoms. The van der Waals surface area contributed by atoms with Gasteiger partial charge in [-0.2, -0.15) is 0 Å². The number of hydrogen-bond acceptors (Lipinski definition) is 4. The molecule has 3 aromatic rings. The van der Waals surface area contributed by atoms with Crippen molar-refractivity contribution in [3.8, 4) is 5.75 Å². The second-order valence-corrected chi connectivity index (χ2v) is 5.07. The predicted octanol–water partition coefficient (Wildman–Crippen LogP) is 2.74. The molecule has 0 aliphatic rings. The number of carboxylic acids is 1. The summed E-state index contributed by atoms with van der Waals surface area (Å²) in [5.41, 5.74) is 2.53. The van der Waals surface area contributed by atoms with E-state index in [1.54, 1.807) is 11.7 Å². The van der Waals surface area contributed by atoms with Crippen LogP contribution in [0, 0.1) is 0 Å². The lowest BCUT2D eigenvalue weighted by Gasteiger charge is -2.11. The number of methoxy groups -OCH3 is 1. The lowest BCUT2D eigenvalue weighted by atomic mass is 10.2. The number of benzene rings is 2. The van der Waals surface area contributed by atoms with E-state index < -0.39 is 5.97 Å². The van der Waals surface area contributed by atoms with Gasteiger partial charge in [-0.1, -0.05) is 30.3 Å². The fraction of sp³-hybridized carbons (Fsp3) is 0.176. The van der Waals surface area contributed by atoms with E-state index in [9.17, 15) is 4.79 Å². The predicted molar refractivity (Wildman–Crippen MR) is 87.7 cm³/mol. The molecule has 6 nitrogen and oxygen atoms in total. The Morgan fingerprint density at radius 1 is 1.22 bits per heavy atom.